The maximum Gasteiger partial charge on any atom is 0.330 e. The zero-order valence-corrected chi connectivity index (χ0v) is 15.4. The van der Waals surface area contributed by atoms with Gasteiger partial charge in [0.15, 0.2) is 0 Å². The molecule has 1 atom stereocenters. The zero-order valence-electron chi connectivity index (χ0n) is 15.4. The first-order chi connectivity index (χ1) is 10.8. The summed E-state index contributed by atoms with van der Waals surface area (Å²) in [7, 11) is 0. The SMILES string of the molecule is C#CCOC(C)(C)CCCC(C)CC=CC(C)=CC(=O)OCC. The van der Waals surface area contributed by atoms with Crippen LogP contribution in [-0.4, -0.2) is 24.8 Å². The molecule has 0 rings (SSSR count). The van der Waals surface area contributed by atoms with Crippen molar-refractivity contribution in [3.63, 3.8) is 0 Å². The number of carbonyl (C=O) groups excluding carboxylic acids is 1. The van der Waals surface area contributed by atoms with E-state index >= 15 is 0 Å². The third-order valence-corrected chi connectivity index (χ3v) is 3.57. The Morgan fingerprint density at radius 2 is 2.09 bits per heavy atom. The van der Waals surface area contributed by atoms with Gasteiger partial charge in [0, 0.05) is 6.08 Å². The number of esters is 1. The van der Waals surface area contributed by atoms with Gasteiger partial charge in [0.05, 0.1) is 12.2 Å². The van der Waals surface area contributed by atoms with Crippen LogP contribution in [0.15, 0.2) is 23.8 Å². The second kappa shape index (κ2) is 12.0. The Morgan fingerprint density at radius 1 is 1.39 bits per heavy atom. The summed E-state index contributed by atoms with van der Waals surface area (Å²) >= 11 is 0. The molecule has 3 nitrogen and oxygen atoms in total. The predicted octanol–water partition coefficient (Wildman–Crippen LogP) is 4.68. The minimum atomic E-state index is -0.281. The molecule has 0 aromatic rings. The van der Waals surface area contributed by atoms with Gasteiger partial charge in [0.25, 0.3) is 0 Å². The second-order valence-corrected chi connectivity index (χ2v) is 6.53. The lowest BCUT2D eigenvalue weighted by Gasteiger charge is -2.24. The van der Waals surface area contributed by atoms with Crippen molar-refractivity contribution < 1.29 is 14.3 Å². The fraction of sp³-hybridized carbons (Fsp3) is 0.650. The smallest absolute Gasteiger partial charge is 0.330 e. The van der Waals surface area contributed by atoms with Crippen molar-refractivity contribution in [3.05, 3.63) is 23.8 Å². The van der Waals surface area contributed by atoms with Crippen molar-refractivity contribution >= 4 is 5.97 Å². The van der Waals surface area contributed by atoms with Crippen LogP contribution in [0.1, 0.15) is 60.3 Å². The third kappa shape index (κ3) is 12.7. The standard InChI is InChI=1S/C20H32O3/c1-7-15-23-20(5,6)14-10-13-17(3)11-9-12-18(4)16-19(21)22-8-2/h1,9,12,16-17H,8,10-11,13-15H2,2-6H3. The highest BCUT2D eigenvalue weighted by atomic mass is 16.5. The van der Waals surface area contributed by atoms with E-state index in [1.807, 2.05) is 13.0 Å². The van der Waals surface area contributed by atoms with Crippen molar-refractivity contribution in [3.8, 4) is 12.3 Å². The zero-order chi connectivity index (χ0) is 17.7. The summed E-state index contributed by atoms with van der Waals surface area (Å²) in [6, 6.07) is 0. The number of allylic oxidation sites excluding steroid dienone is 3. The van der Waals surface area contributed by atoms with Crippen LogP contribution in [0.2, 0.25) is 0 Å². The summed E-state index contributed by atoms with van der Waals surface area (Å²) < 4.78 is 10.5. The molecule has 0 amide bonds. The van der Waals surface area contributed by atoms with E-state index in [9.17, 15) is 4.79 Å². The Hall–Kier alpha value is -1.53. The van der Waals surface area contributed by atoms with Gasteiger partial charge in [-0.3, -0.25) is 0 Å². The molecule has 0 aromatic carbocycles. The van der Waals surface area contributed by atoms with Crippen LogP contribution in [0.5, 0.6) is 0 Å². The van der Waals surface area contributed by atoms with Gasteiger partial charge < -0.3 is 9.47 Å². The summed E-state index contributed by atoms with van der Waals surface area (Å²) in [4.78, 5) is 11.3. The molecule has 0 fully saturated rings. The Morgan fingerprint density at radius 3 is 2.70 bits per heavy atom. The maximum absolute atomic E-state index is 11.3. The fourth-order valence-corrected chi connectivity index (χ4v) is 2.21. The highest BCUT2D eigenvalue weighted by Crippen LogP contribution is 2.21. The quantitative estimate of drug-likeness (QED) is 0.240. The van der Waals surface area contributed by atoms with Crippen molar-refractivity contribution in [2.75, 3.05) is 13.2 Å². The van der Waals surface area contributed by atoms with E-state index in [1.165, 1.54) is 6.08 Å². The summed E-state index contributed by atoms with van der Waals surface area (Å²) in [6.07, 6.45) is 15.1. The van der Waals surface area contributed by atoms with Gasteiger partial charge in [-0.05, 0) is 52.0 Å². The Kier molecular flexibility index (Phi) is 11.2. The average molecular weight is 320 g/mol. The molecule has 0 aromatic heterocycles. The van der Waals surface area contributed by atoms with E-state index in [-0.39, 0.29) is 11.6 Å². The molecule has 1 unspecified atom stereocenters. The molecule has 0 spiro atoms. The first-order valence-corrected chi connectivity index (χ1v) is 8.39. The van der Waals surface area contributed by atoms with Gasteiger partial charge in [-0.2, -0.15) is 0 Å². The van der Waals surface area contributed by atoms with Crippen molar-refractivity contribution in [2.45, 2.75) is 65.9 Å². The number of ether oxygens (including phenoxy) is 2. The topological polar surface area (TPSA) is 35.5 Å². The monoisotopic (exact) mass is 320 g/mol. The van der Waals surface area contributed by atoms with Crippen molar-refractivity contribution in [1.82, 2.24) is 0 Å². The lowest BCUT2D eigenvalue weighted by Crippen LogP contribution is -2.24. The third-order valence-electron chi connectivity index (χ3n) is 3.57. The van der Waals surface area contributed by atoms with Crippen LogP contribution in [0.3, 0.4) is 0 Å². The van der Waals surface area contributed by atoms with E-state index in [2.05, 4.69) is 32.8 Å². The summed E-state index contributed by atoms with van der Waals surface area (Å²) in [5, 5.41) is 0. The van der Waals surface area contributed by atoms with Crippen LogP contribution in [0.4, 0.5) is 0 Å². The molecule has 0 radical (unpaired) electrons. The minimum Gasteiger partial charge on any atom is -0.463 e. The first kappa shape index (κ1) is 21.5. The van der Waals surface area contributed by atoms with Gasteiger partial charge in [-0.15, -0.1) is 6.42 Å². The molecule has 0 saturated carbocycles. The lowest BCUT2D eigenvalue weighted by atomic mass is 9.94. The largest absolute Gasteiger partial charge is 0.463 e. The predicted molar refractivity (Wildman–Crippen MR) is 96.0 cm³/mol. The maximum atomic E-state index is 11.3. The molecular weight excluding hydrogens is 288 g/mol. The van der Waals surface area contributed by atoms with Gasteiger partial charge in [0.2, 0.25) is 0 Å². The van der Waals surface area contributed by atoms with Gasteiger partial charge in [-0.1, -0.05) is 37.8 Å². The Labute approximate surface area is 142 Å². The number of rotatable bonds is 11. The first-order valence-electron chi connectivity index (χ1n) is 8.39. The number of terminal acetylenes is 1. The molecule has 0 N–H and O–H groups in total. The summed E-state index contributed by atoms with van der Waals surface area (Å²) in [5.74, 6) is 2.83. The second-order valence-electron chi connectivity index (χ2n) is 6.53. The van der Waals surface area contributed by atoms with Crippen molar-refractivity contribution in [1.29, 1.82) is 0 Å². The minimum absolute atomic E-state index is 0.152. The van der Waals surface area contributed by atoms with E-state index in [4.69, 9.17) is 15.9 Å². The van der Waals surface area contributed by atoms with Gasteiger partial charge in [0.1, 0.15) is 6.61 Å². The number of carbonyl (C=O) groups is 1. The molecule has 0 aliphatic heterocycles. The van der Waals surface area contributed by atoms with E-state index in [0.29, 0.717) is 19.1 Å². The summed E-state index contributed by atoms with van der Waals surface area (Å²) in [6.45, 7) is 10.9. The molecule has 0 aliphatic rings. The normalized spacial score (nSPS) is 13.8. The molecule has 0 bridgehead atoms. The summed E-state index contributed by atoms with van der Waals surface area (Å²) in [5.41, 5.74) is 0.764. The van der Waals surface area contributed by atoms with Crippen LogP contribution in [0, 0.1) is 18.3 Å². The van der Waals surface area contributed by atoms with Crippen LogP contribution in [-0.2, 0) is 14.3 Å². The molecule has 0 saturated heterocycles. The molecular formula is C20H32O3. The van der Waals surface area contributed by atoms with Gasteiger partial charge in [-0.25, -0.2) is 4.79 Å². The van der Waals surface area contributed by atoms with Gasteiger partial charge >= 0.3 is 5.97 Å². The van der Waals surface area contributed by atoms with Crippen LogP contribution >= 0.6 is 0 Å². The van der Waals surface area contributed by atoms with E-state index < -0.39 is 0 Å². The Bertz CT molecular complexity index is 438. The highest BCUT2D eigenvalue weighted by molar-refractivity contribution is 5.83. The Balaban J connectivity index is 4.03. The molecule has 130 valence electrons. The highest BCUT2D eigenvalue weighted by Gasteiger charge is 2.17. The van der Waals surface area contributed by atoms with Crippen molar-refractivity contribution in [2.24, 2.45) is 5.92 Å². The molecule has 3 heteroatoms. The van der Waals surface area contributed by atoms with Crippen LogP contribution < -0.4 is 0 Å². The number of hydrogen-bond acceptors (Lipinski definition) is 3. The number of hydrogen-bond donors (Lipinski definition) is 0. The van der Waals surface area contributed by atoms with Crippen LogP contribution in [0.25, 0.3) is 0 Å². The van der Waals surface area contributed by atoms with E-state index in [0.717, 1.165) is 31.3 Å². The molecule has 0 heterocycles. The molecule has 0 aliphatic carbocycles. The molecule has 23 heavy (non-hydrogen) atoms. The lowest BCUT2D eigenvalue weighted by molar-refractivity contribution is -0.137. The fourth-order valence-electron chi connectivity index (χ4n) is 2.21. The van der Waals surface area contributed by atoms with E-state index in [1.54, 1.807) is 6.92 Å². The average Bonchev–Trinajstić information content (AvgIpc) is 2.45.